The number of aromatic nitrogens is 2. The van der Waals surface area contributed by atoms with Gasteiger partial charge < -0.3 is 24.8 Å². The summed E-state index contributed by atoms with van der Waals surface area (Å²) in [5, 5.41) is 7.14. The number of methoxy groups -OCH3 is 1. The van der Waals surface area contributed by atoms with Crippen LogP contribution in [0.5, 0.6) is 5.75 Å². The molecule has 1 fully saturated rings. The number of hydrogen-bond acceptors (Lipinski definition) is 4. The van der Waals surface area contributed by atoms with E-state index in [-0.39, 0.29) is 18.0 Å². The fourth-order valence-electron chi connectivity index (χ4n) is 4.98. The van der Waals surface area contributed by atoms with Crippen LogP contribution in [0.3, 0.4) is 0 Å². The van der Waals surface area contributed by atoms with Gasteiger partial charge in [-0.1, -0.05) is 13.0 Å². The minimum Gasteiger partial charge on any atom is -0.497 e. The fourth-order valence-corrected chi connectivity index (χ4v) is 5.33. The number of aryl methyl sites for hydroxylation is 2. The van der Waals surface area contributed by atoms with Gasteiger partial charge >= 0.3 is 0 Å². The van der Waals surface area contributed by atoms with Crippen molar-refractivity contribution < 1.29 is 9.53 Å². The van der Waals surface area contributed by atoms with Crippen LogP contribution < -0.4 is 20.3 Å². The van der Waals surface area contributed by atoms with Gasteiger partial charge in [-0.3, -0.25) is 9.78 Å². The zero-order valence-electron chi connectivity index (χ0n) is 21.9. The molecule has 3 heterocycles. The minimum absolute atomic E-state index is 0.0138. The van der Waals surface area contributed by atoms with E-state index in [1.807, 2.05) is 62.5 Å². The first kappa shape index (κ1) is 25.5. The second-order valence-electron chi connectivity index (χ2n) is 9.33. The highest BCUT2D eigenvalue weighted by atomic mass is 32.1. The number of nitrogens with zero attached hydrogens (tertiary/aromatic N) is 3. The van der Waals surface area contributed by atoms with Crippen molar-refractivity contribution in [3.63, 3.8) is 0 Å². The normalized spacial score (nSPS) is 16.8. The second-order valence-corrected chi connectivity index (χ2v) is 9.72. The van der Waals surface area contributed by atoms with E-state index in [0.717, 1.165) is 45.5 Å². The zero-order valence-corrected chi connectivity index (χ0v) is 22.8. The number of amides is 1. The molecule has 0 unspecified atom stereocenters. The Labute approximate surface area is 228 Å². The van der Waals surface area contributed by atoms with Crippen LogP contribution in [0.25, 0.3) is 5.69 Å². The molecule has 2 aromatic heterocycles. The molecule has 0 saturated carbocycles. The van der Waals surface area contributed by atoms with Crippen molar-refractivity contribution in [2.45, 2.75) is 39.3 Å². The molecule has 2 N–H and O–H groups in total. The molecule has 1 amide bonds. The molecule has 1 aliphatic heterocycles. The van der Waals surface area contributed by atoms with E-state index < -0.39 is 0 Å². The van der Waals surface area contributed by atoms with Gasteiger partial charge in [0.15, 0.2) is 5.11 Å². The number of benzene rings is 2. The van der Waals surface area contributed by atoms with Crippen LogP contribution in [-0.4, -0.2) is 27.7 Å². The minimum atomic E-state index is -0.177. The number of ether oxygens (including phenoxy) is 1. The molecular formula is C30H31N5O2S. The Bertz CT molecular complexity index is 1470. The average Bonchev–Trinajstić information content (AvgIpc) is 3.49. The zero-order chi connectivity index (χ0) is 26.8. The first-order valence-electron chi connectivity index (χ1n) is 12.6. The maximum absolute atomic E-state index is 12.0. The predicted molar refractivity (Wildman–Crippen MR) is 155 cm³/mol. The highest BCUT2D eigenvalue weighted by Crippen LogP contribution is 2.43. The molecule has 0 spiro atoms. The predicted octanol–water partition coefficient (Wildman–Crippen LogP) is 6.02. The summed E-state index contributed by atoms with van der Waals surface area (Å²) in [5.41, 5.74) is 6.84. The monoisotopic (exact) mass is 525 g/mol. The highest BCUT2D eigenvalue weighted by Gasteiger charge is 2.42. The Balaban J connectivity index is 1.63. The number of anilines is 2. The van der Waals surface area contributed by atoms with Crippen molar-refractivity contribution in [1.29, 1.82) is 0 Å². The van der Waals surface area contributed by atoms with Gasteiger partial charge in [-0.15, -0.1) is 0 Å². The summed E-state index contributed by atoms with van der Waals surface area (Å²) in [5.74, 6) is 0.794. The van der Waals surface area contributed by atoms with Gasteiger partial charge in [0.2, 0.25) is 5.91 Å². The topological polar surface area (TPSA) is 71.4 Å². The van der Waals surface area contributed by atoms with Crippen LogP contribution in [-0.2, 0) is 4.79 Å². The van der Waals surface area contributed by atoms with Crippen molar-refractivity contribution >= 4 is 34.6 Å². The summed E-state index contributed by atoms with van der Waals surface area (Å²) in [6.07, 6.45) is 2.24. The maximum atomic E-state index is 12.0. The Kier molecular flexibility index (Phi) is 7.15. The van der Waals surface area contributed by atoms with Crippen LogP contribution >= 0.6 is 12.2 Å². The first-order chi connectivity index (χ1) is 18.4. The third-order valence-electron chi connectivity index (χ3n) is 6.92. The highest BCUT2D eigenvalue weighted by molar-refractivity contribution is 7.80. The number of carbonyl (C=O) groups is 1. The smallest absolute Gasteiger partial charge is 0.224 e. The molecule has 4 aromatic rings. The Morgan fingerprint density at radius 2 is 1.82 bits per heavy atom. The van der Waals surface area contributed by atoms with Crippen molar-refractivity contribution in [3.8, 4) is 11.4 Å². The molecule has 0 aliphatic carbocycles. The first-order valence-corrected chi connectivity index (χ1v) is 13.1. The van der Waals surface area contributed by atoms with Crippen molar-refractivity contribution in [2.24, 2.45) is 0 Å². The molecule has 1 saturated heterocycles. The molecule has 0 bridgehead atoms. The van der Waals surface area contributed by atoms with E-state index in [1.165, 1.54) is 0 Å². The third-order valence-corrected chi connectivity index (χ3v) is 7.24. The van der Waals surface area contributed by atoms with Crippen LogP contribution in [0.2, 0.25) is 0 Å². The lowest BCUT2D eigenvalue weighted by Crippen LogP contribution is -2.30. The van der Waals surface area contributed by atoms with Crippen LogP contribution in [0.4, 0.5) is 11.4 Å². The van der Waals surface area contributed by atoms with Gasteiger partial charge in [-0.05, 0) is 98.4 Å². The maximum Gasteiger partial charge on any atom is 0.224 e. The quantitative estimate of drug-likeness (QED) is 0.288. The Morgan fingerprint density at radius 3 is 2.47 bits per heavy atom. The second kappa shape index (κ2) is 10.7. The lowest BCUT2D eigenvalue weighted by molar-refractivity contribution is -0.115. The number of hydrogen-bond donors (Lipinski definition) is 2. The number of thiocarbonyl (C=S) groups is 1. The molecule has 2 atom stereocenters. The molecule has 8 heteroatoms. The lowest BCUT2D eigenvalue weighted by atomic mass is 10.00. The van der Waals surface area contributed by atoms with E-state index >= 15 is 0 Å². The number of nitrogens with one attached hydrogen (secondary N) is 2. The molecule has 194 valence electrons. The van der Waals surface area contributed by atoms with Crippen LogP contribution in [0.15, 0.2) is 79.0 Å². The van der Waals surface area contributed by atoms with Crippen molar-refractivity contribution in [3.05, 3.63) is 102 Å². The van der Waals surface area contributed by atoms with E-state index in [2.05, 4.69) is 62.3 Å². The van der Waals surface area contributed by atoms with E-state index in [0.29, 0.717) is 11.5 Å². The van der Waals surface area contributed by atoms with E-state index in [4.69, 9.17) is 17.0 Å². The average molecular weight is 526 g/mol. The number of pyridine rings is 1. The lowest BCUT2D eigenvalue weighted by Gasteiger charge is -2.30. The van der Waals surface area contributed by atoms with Gasteiger partial charge in [-0.25, -0.2) is 0 Å². The van der Waals surface area contributed by atoms with E-state index in [1.54, 1.807) is 7.11 Å². The van der Waals surface area contributed by atoms with Gasteiger partial charge in [0.25, 0.3) is 0 Å². The Hall–Kier alpha value is -4.17. The van der Waals surface area contributed by atoms with Crippen molar-refractivity contribution in [1.82, 2.24) is 14.9 Å². The summed E-state index contributed by atoms with van der Waals surface area (Å²) in [6, 6.07) is 24.0. The van der Waals surface area contributed by atoms with Gasteiger partial charge in [-0.2, -0.15) is 0 Å². The van der Waals surface area contributed by atoms with Gasteiger partial charge in [0, 0.05) is 41.1 Å². The molecule has 7 nitrogen and oxygen atoms in total. The Morgan fingerprint density at radius 1 is 1.05 bits per heavy atom. The molecule has 2 aromatic carbocycles. The standard InChI is InChI=1S/C30H31N5O2S/c1-5-27(36)32-24-15-12-22(18-19(24)2)35-29(28(33-30(35)38)25-8-6-7-17-31-25)26-16-9-20(3)34(26)21-10-13-23(37-4)14-11-21/h6-18,28-29H,5H2,1-4H3,(H,32,36)(H,33,38)/t28-,29-/m1/s1. The molecular weight excluding hydrogens is 494 g/mol. The van der Waals surface area contributed by atoms with Crippen LogP contribution in [0.1, 0.15) is 48.1 Å². The third kappa shape index (κ3) is 4.75. The summed E-state index contributed by atoms with van der Waals surface area (Å²) in [4.78, 5) is 18.8. The summed E-state index contributed by atoms with van der Waals surface area (Å²) in [7, 11) is 1.67. The molecule has 5 rings (SSSR count). The number of rotatable bonds is 7. The van der Waals surface area contributed by atoms with Crippen molar-refractivity contribution in [2.75, 3.05) is 17.3 Å². The fraction of sp³-hybridized carbons (Fsp3) is 0.233. The summed E-state index contributed by atoms with van der Waals surface area (Å²) >= 11 is 5.93. The summed E-state index contributed by atoms with van der Waals surface area (Å²) < 4.78 is 7.64. The molecule has 0 radical (unpaired) electrons. The molecule has 38 heavy (non-hydrogen) atoms. The SMILES string of the molecule is CCC(=O)Nc1ccc(N2C(=S)N[C@H](c3ccccn3)[C@H]2c2ccc(C)n2-c2ccc(OC)cc2)cc1C. The van der Waals surface area contributed by atoms with Crippen LogP contribution in [0, 0.1) is 13.8 Å². The van der Waals surface area contributed by atoms with Gasteiger partial charge in [0.1, 0.15) is 11.8 Å². The summed E-state index contributed by atoms with van der Waals surface area (Å²) in [6.45, 7) is 5.94. The van der Waals surface area contributed by atoms with E-state index in [9.17, 15) is 4.79 Å². The molecule has 1 aliphatic rings. The largest absolute Gasteiger partial charge is 0.497 e. The van der Waals surface area contributed by atoms with Gasteiger partial charge in [0.05, 0.1) is 18.8 Å². The number of carbonyl (C=O) groups excluding carboxylic acids is 1.